The summed E-state index contributed by atoms with van der Waals surface area (Å²) < 4.78 is 53.2. The Hall–Kier alpha value is -1.19. The second kappa shape index (κ2) is 30.0. The van der Waals surface area contributed by atoms with E-state index in [1.54, 1.807) is 6.92 Å². The smallest absolute Gasteiger partial charge is 0.333 e. The molecule has 0 rings (SSSR count). The minimum absolute atomic E-state index is 0.202. The molecule has 36 heavy (non-hydrogen) atoms. The van der Waals surface area contributed by atoms with Crippen LogP contribution in [0.1, 0.15) is 6.92 Å². The van der Waals surface area contributed by atoms with E-state index in [-0.39, 0.29) is 6.61 Å². The molecule has 0 saturated heterocycles. The van der Waals surface area contributed by atoms with Crippen LogP contribution in [-0.2, 0) is 52.2 Å². The minimum atomic E-state index is -0.411. The van der Waals surface area contributed by atoms with Gasteiger partial charge in [-0.3, -0.25) is 0 Å². The van der Waals surface area contributed by atoms with E-state index in [9.17, 15) is 4.79 Å². The van der Waals surface area contributed by atoms with Crippen molar-refractivity contribution in [3.63, 3.8) is 0 Å². The summed E-state index contributed by atoms with van der Waals surface area (Å²) in [6.45, 7) is 14.7. The highest BCUT2D eigenvalue weighted by atomic mass is 16.6. The third kappa shape index (κ3) is 29.0. The molecule has 0 atom stereocenters. The van der Waals surface area contributed by atoms with Gasteiger partial charge in [-0.2, -0.15) is 0 Å². The highest BCUT2D eigenvalue weighted by molar-refractivity contribution is 5.86. The van der Waals surface area contributed by atoms with E-state index in [2.05, 4.69) is 6.58 Å². The number of esters is 1. The van der Waals surface area contributed by atoms with Crippen LogP contribution >= 0.6 is 0 Å². The lowest BCUT2D eigenvalue weighted by atomic mass is 10.4. The summed E-state index contributed by atoms with van der Waals surface area (Å²) >= 11 is 0. The minimum Gasteiger partial charge on any atom is -0.460 e. The van der Waals surface area contributed by atoms with Gasteiger partial charge in [-0.1, -0.05) is 6.58 Å². The van der Waals surface area contributed by atoms with Crippen LogP contribution < -0.4 is 5.73 Å². The average Bonchev–Trinajstić information content (AvgIpc) is 2.87. The summed E-state index contributed by atoms with van der Waals surface area (Å²) in [5, 5.41) is 0. The van der Waals surface area contributed by atoms with E-state index in [0.717, 1.165) is 0 Å². The third-order valence-electron chi connectivity index (χ3n) is 4.05. The maximum Gasteiger partial charge on any atom is 0.333 e. The molecule has 0 aromatic rings. The maximum atomic E-state index is 11.1. The topological polar surface area (TPSA) is 135 Å². The van der Waals surface area contributed by atoms with Gasteiger partial charge < -0.3 is 53.1 Å². The lowest BCUT2D eigenvalue weighted by Crippen LogP contribution is -2.16. The van der Waals surface area contributed by atoms with Crippen LogP contribution in [-0.4, -0.2) is 138 Å². The Balaban J connectivity index is 3.05. The fraction of sp³-hybridized carbons (Fsp3) is 0.875. The van der Waals surface area contributed by atoms with E-state index in [0.29, 0.717) is 131 Å². The number of nitrogens with two attached hydrogens (primary N) is 1. The van der Waals surface area contributed by atoms with Crippen molar-refractivity contribution in [2.45, 2.75) is 6.92 Å². The summed E-state index contributed by atoms with van der Waals surface area (Å²) in [4.78, 5) is 11.1. The molecular weight excluding hydrogens is 478 g/mol. The van der Waals surface area contributed by atoms with Crippen molar-refractivity contribution in [1.82, 2.24) is 0 Å². The first-order valence-corrected chi connectivity index (χ1v) is 12.4. The molecular formula is C24H47NO11. The first-order chi connectivity index (χ1) is 17.7. The highest BCUT2D eigenvalue weighted by Gasteiger charge is 2.01. The summed E-state index contributed by atoms with van der Waals surface area (Å²) in [5.41, 5.74) is 5.69. The zero-order valence-electron chi connectivity index (χ0n) is 21.9. The van der Waals surface area contributed by atoms with Crippen molar-refractivity contribution < 1.29 is 52.2 Å². The summed E-state index contributed by atoms with van der Waals surface area (Å²) in [6, 6.07) is 0. The van der Waals surface area contributed by atoms with Gasteiger partial charge in [0.1, 0.15) is 6.61 Å². The Bertz CT molecular complexity index is 483. The van der Waals surface area contributed by atoms with Crippen LogP contribution in [0.25, 0.3) is 0 Å². The number of hydrogen-bond acceptors (Lipinski definition) is 12. The Labute approximate surface area is 215 Å². The van der Waals surface area contributed by atoms with Crippen molar-refractivity contribution in [2.24, 2.45) is 5.73 Å². The number of carbonyl (C=O) groups is 1. The molecule has 0 bridgehead atoms. The lowest BCUT2D eigenvalue weighted by Gasteiger charge is -2.09. The molecule has 0 saturated carbocycles. The molecule has 0 aromatic heterocycles. The second-order valence-electron chi connectivity index (χ2n) is 7.22. The van der Waals surface area contributed by atoms with Crippen molar-refractivity contribution in [2.75, 3.05) is 132 Å². The van der Waals surface area contributed by atoms with Crippen LogP contribution in [0.3, 0.4) is 0 Å². The van der Waals surface area contributed by atoms with Crippen LogP contribution in [0, 0.1) is 0 Å². The molecule has 0 radical (unpaired) electrons. The largest absolute Gasteiger partial charge is 0.460 e. The quantitative estimate of drug-likeness (QED) is 0.0780. The zero-order chi connectivity index (χ0) is 26.4. The molecule has 214 valence electrons. The molecule has 0 heterocycles. The van der Waals surface area contributed by atoms with Gasteiger partial charge in [0.2, 0.25) is 0 Å². The molecule has 12 nitrogen and oxygen atoms in total. The van der Waals surface area contributed by atoms with E-state index >= 15 is 0 Å². The monoisotopic (exact) mass is 525 g/mol. The molecule has 0 unspecified atom stereocenters. The third-order valence-corrected chi connectivity index (χ3v) is 4.05. The van der Waals surface area contributed by atoms with Gasteiger partial charge in [-0.15, -0.1) is 0 Å². The fourth-order valence-corrected chi connectivity index (χ4v) is 2.26. The van der Waals surface area contributed by atoms with E-state index in [1.165, 1.54) is 0 Å². The van der Waals surface area contributed by atoms with Gasteiger partial charge in [-0.25, -0.2) is 4.79 Å². The number of rotatable bonds is 30. The van der Waals surface area contributed by atoms with Gasteiger partial charge in [0.15, 0.2) is 0 Å². The predicted octanol–water partition coefficient (Wildman–Crippen LogP) is 0.214. The molecule has 12 heteroatoms. The first kappa shape index (κ1) is 34.8. The van der Waals surface area contributed by atoms with Gasteiger partial charge in [0.25, 0.3) is 0 Å². The Morgan fingerprint density at radius 3 is 0.917 bits per heavy atom. The predicted molar refractivity (Wildman–Crippen MR) is 132 cm³/mol. The molecule has 0 aliphatic heterocycles. The fourth-order valence-electron chi connectivity index (χ4n) is 2.26. The highest BCUT2D eigenvalue weighted by Crippen LogP contribution is 1.92. The average molecular weight is 526 g/mol. The maximum absolute atomic E-state index is 11.1. The molecule has 0 fully saturated rings. The zero-order valence-corrected chi connectivity index (χ0v) is 21.9. The van der Waals surface area contributed by atoms with Crippen LogP contribution in [0.2, 0.25) is 0 Å². The number of hydrogen-bond donors (Lipinski definition) is 1. The van der Waals surface area contributed by atoms with E-state index in [1.807, 2.05) is 0 Å². The van der Waals surface area contributed by atoms with Crippen molar-refractivity contribution in [1.29, 1.82) is 0 Å². The van der Waals surface area contributed by atoms with E-state index in [4.69, 9.17) is 53.1 Å². The number of ether oxygens (including phenoxy) is 10. The second-order valence-corrected chi connectivity index (χ2v) is 7.22. The standard InChI is InChI=1S/C24H47NO11/c1-23(2)24(26)36-22-21-35-20-19-34-18-17-33-16-15-32-14-13-31-12-11-30-10-9-29-8-7-28-6-5-27-4-3-25/h1,3-22,25H2,2H3. The first-order valence-electron chi connectivity index (χ1n) is 12.4. The summed E-state index contributed by atoms with van der Waals surface area (Å²) in [5.74, 6) is -0.411. The molecule has 0 aliphatic carbocycles. The van der Waals surface area contributed by atoms with Gasteiger partial charge in [0, 0.05) is 12.1 Å². The molecule has 0 aromatic carbocycles. The van der Waals surface area contributed by atoms with Crippen molar-refractivity contribution in [3.8, 4) is 0 Å². The lowest BCUT2D eigenvalue weighted by molar-refractivity contribution is -0.140. The molecule has 0 amide bonds. The van der Waals surface area contributed by atoms with Crippen molar-refractivity contribution in [3.05, 3.63) is 12.2 Å². The van der Waals surface area contributed by atoms with Crippen molar-refractivity contribution >= 4 is 5.97 Å². The van der Waals surface area contributed by atoms with Gasteiger partial charge in [-0.05, 0) is 6.92 Å². The normalized spacial score (nSPS) is 11.2. The van der Waals surface area contributed by atoms with Crippen LogP contribution in [0.4, 0.5) is 0 Å². The SMILES string of the molecule is C=C(C)C(=O)OCCOCCOCCOCCOCCOCCOCCOCCOCCOCCN. The summed E-state index contributed by atoms with van der Waals surface area (Å²) in [7, 11) is 0. The van der Waals surface area contributed by atoms with Gasteiger partial charge >= 0.3 is 5.97 Å². The van der Waals surface area contributed by atoms with Gasteiger partial charge in [0.05, 0.1) is 119 Å². The number of carbonyl (C=O) groups excluding carboxylic acids is 1. The van der Waals surface area contributed by atoms with E-state index < -0.39 is 5.97 Å². The van der Waals surface area contributed by atoms with Crippen LogP contribution in [0.15, 0.2) is 12.2 Å². The molecule has 0 aliphatic rings. The Morgan fingerprint density at radius 1 is 0.472 bits per heavy atom. The summed E-state index contributed by atoms with van der Waals surface area (Å²) in [6.07, 6.45) is 0. The molecule has 0 spiro atoms. The van der Waals surface area contributed by atoms with Crippen LogP contribution in [0.5, 0.6) is 0 Å². The Morgan fingerprint density at radius 2 is 0.694 bits per heavy atom. The molecule has 2 N–H and O–H groups in total. The Kier molecular flexibility index (Phi) is 29.0.